The minimum Gasteiger partial charge on any atom is -0.403 e. The second-order valence-corrected chi connectivity index (χ2v) is 3.91. The molecule has 0 fully saturated rings. The molecular formula is C11H10BClN6. The number of hydrazine groups is 1. The van der Waals surface area contributed by atoms with E-state index in [2.05, 4.69) is 15.0 Å². The molecule has 0 aliphatic carbocycles. The molecule has 2 heterocycles. The molecule has 4 N–H and O–H groups in total. The third-order valence-corrected chi connectivity index (χ3v) is 2.40. The van der Waals surface area contributed by atoms with Gasteiger partial charge in [0, 0.05) is 12.4 Å². The maximum absolute atomic E-state index is 5.76. The van der Waals surface area contributed by atoms with Gasteiger partial charge in [-0.15, -0.1) is 0 Å². The molecule has 0 aromatic carbocycles. The van der Waals surface area contributed by atoms with Gasteiger partial charge in [0.25, 0.3) is 0 Å². The Kier molecular flexibility index (Phi) is 3.98. The van der Waals surface area contributed by atoms with Crippen molar-refractivity contribution in [3.63, 3.8) is 0 Å². The van der Waals surface area contributed by atoms with Crippen molar-refractivity contribution in [3.8, 4) is 11.4 Å². The van der Waals surface area contributed by atoms with Crippen LogP contribution in [0.5, 0.6) is 0 Å². The van der Waals surface area contributed by atoms with Gasteiger partial charge in [0.1, 0.15) is 13.7 Å². The minimum atomic E-state index is 0.0636. The second kappa shape index (κ2) is 5.68. The van der Waals surface area contributed by atoms with Gasteiger partial charge in [-0.3, -0.25) is 5.01 Å². The van der Waals surface area contributed by atoms with Gasteiger partial charge >= 0.3 is 0 Å². The highest BCUT2D eigenvalue weighted by Crippen LogP contribution is 2.18. The molecule has 2 rings (SSSR count). The Labute approximate surface area is 116 Å². The Balaban J connectivity index is 2.43. The summed E-state index contributed by atoms with van der Waals surface area (Å²) >= 11 is 5.76. The van der Waals surface area contributed by atoms with E-state index in [4.69, 9.17) is 31.0 Å². The van der Waals surface area contributed by atoms with Crippen molar-refractivity contribution in [1.82, 2.24) is 15.0 Å². The molecule has 0 saturated heterocycles. The summed E-state index contributed by atoms with van der Waals surface area (Å²) in [5.41, 5.74) is 6.64. The molecule has 0 saturated carbocycles. The summed E-state index contributed by atoms with van der Waals surface area (Å²) < 4.78 is 0. The summed E-state index contributed by atoms with van der Waals surface area (Å²) in [6.45, 7) is 0. The molecule has 0 aliphatic rings. The average molecular weight is 273 g/mol. The summed E-state index contributed by atoms with van der Waals surface area (Å²) in [6.07, 6.45) is 2.79. The first-order chi connectivity index (χ1) is 9.10. The predicted octanol–water partition coefficient (Wildman–Crippen LogP) is 0.0958. The molecule has 0 spiro atoms. The summed E-state index contributed by atoms with van der Waals surface area (Å²) in [4.78, 5) is 12.2. The Morgan fingerprint density at radius 1 is 1.21 bits per heavy atom. The molecule has 0 aliphatic heterocycles. The first-order valence-corrected chi connectivity index (χ1v) is 5.68. The van der Waals surface area contributed by atoms with Gasteiger partial charge in [-0.05, 0) is 35.4 Å². The molecule has 0 amide bonds. The number of nitrogens with zero attached hydrogens (tertiary/aromatic N) is 4. The van der Waals surface area contributed by atoms with Crippen LogP contribution in [0.1, 0.15) is 0 Å². The maximum Gasteiger partial charge on any atom is 0.222 e. The van der Waals surface area contributed by atoms with Crippen molar-refractivity contribution < 1.29 is 0 Å². The lowest BCUT2D eigenvalue weighted by molar-refractivity contribution is 1.02. The third kappa shape index (κ3) is 3.21. The number of halogens is 1. The molecule has 8 heteroatoms. The Morgan fingerprint density at radius 2 is 2.00 bits per heavy atom. The Bertz CT molecular complexity index is 598. The molecular weight excluding hydrogens is 262 g/mol. The lowest BCUT2D eigenvalue weighted by Gasteiger charge is -2.12. The fourth-order valence-electron chi connectivity index (χ4n) is 1.45. The number of aromatic nitrogens is 3. The molecule has 94 valence electrons. The first kappa shape index (κ1) is 13.3. The van der Waals surface area contributed by atoms with E-state index in [1.807, 2.05) is 0 Å². The van der Waals surface area contributed by atoms with Crippen LogP contribution in [0.3, 0.4) is 0 Å². The quantitative estimate of drug-likeness (QED) is 0.356. The number of pyridine rings is 1. The van der Waals surface area contributed by atoms with E-state index >= 15 is 0 Å². The smallest absolute Gasteiger partial charge is 0.222 e. The van der Waals surface area contributed by atoms with Crippen LogP contribution in [0.25, 0.3) is 11.4 Å². The van der Waals surface area contributed by atoms with E-state index in [1.165, 1.54) is 17.4 Å². The highest BCUT2D eigenvalue weighted by atomic mass is 35.5. The van der Waals surface area contributed by atoms with E-state index < -0.39 is 0 Å². The van der Waals surface area contributed by atoms with Crippen LogP contribution in [0.2, 0.25) is 5.28 Å². The van der Waals surface area contributed by atoms with E-state index in [9.17, 15) is 0 Å². The number of rotatable bonds is 3. The molecule has 0 unspecified atom stereocenters. The topological polar surface area (TPSA) is 94.0 Å². The standard InChI is InChI=1S/C11H10BClN6/c12-9-6-8(17-11(13)18-9)7-2-1-3-10(16-7)19(15)5-4-14/h1-6H,14-15H2/b5-4-. The predicted molar refractivity (Wildman–Crippen MR) is 75.7 cm³/mol. The van der Waals surface area contributed by atoms with Crippen LogP contribution in [-0.4, -0.2) is 22.8 Å². The second-order valence-electron chi connectivity index (χ2n) is 3.58. The van der Waals surface area contributed by atoms with Gasteiger partial charge in [-0.2, -0.15) is 0 Å². The minimum absolute atomic E-state index is 0.0636. The van der Waals surface area contributed by atoms with Crippen LogP contribution >= 0.6 is 11.6 Å². The van der Waals surface area contributed by atoms with Crippen molar-refractivity contribution >= 4 is 30.9 Å². The van der Waals surface area contributed by atoms with Gasteiger partial charge in [0.15, 0.2) is 0 Å². The van der Waals surface area contributed by atoms with Crippen LogP contribution in [0.15, 0.2) is 36.7 Å². The lowest BCUT2D eigenvalue weighted by atomic mass is 10.0. The third-order valence-electron chi connectivity index (χ3n) is 2.23. The molecule has 6 nitrogen and oxygen atoms in total. The zero-order valence-corrected chi connectivity index (χ0v) is 10.6. The summed E-state index contributed by atoms with van der Waals surface area (Å²) in [5.74, 6) is 6.24. The number of nitrogens with two attached hydrogens (primary N) is 2. The van der Waals surface area contributed by atoms with Gasteiger partial charge < -0.3 is 5.73 Å². The number of hydrogen-bond donors (Lipinski definition) is 2. The first-order valence-electron chi connectivity index (χ1n) is 5.30. The van der Waals surface area contributed by atoms with Gasteiger partial charge in [-0.1, -0.05) is 6.07 Å². The lowest BCUT2D eigenvalue weighted by Crippen LogP contribution is -2.25. The van der Waals surface area contributed by atoms with Crippen molar-refractivity contribution in [2.45, 2.75) is 0 Å². The fourth-order valence-corrected chi connectivity index (χ4v) is 1.63. The van der Waals surface area contributed by atoms with Crippen LogP contribution in [0.4, 0.5) is 5.82 Å². The van der Waals surface area contributed by atoms with Crippen LogP contribution in [-0.2, 0) is 0 Å². The molecule has 2 aromatic heterocycles. The fraction of sp³-hybridized carbons (Fsp3) is 0. The maximum atomic E-state index is 5.76. The van der Waals surface area contributed by atoms with Gasteiger partial charge in [-0.25, -0.2) is 20.8 Å². The highest BCUT2D eigenvalue weighted by Gasteiger charge is 2.07. The summed E-state index contributed by atoms with van der Waals surface area (Å²) in [6, 6.07) is 6.86. The zero-order chi connectivity index (χ0) is 13.8. The average Bonchev–Trinajstić information content (AvgIpc) is 2.38. The van der Waals surface area contributed by atoms with Gasteiger partial charge in [0.05, 0.1) is 11.4 Å². The monoisotopic (exact) mass is 272 g/mol. The van der Waals surface area contributed by atoms with E-state index in [-0.39, 0.29) is 10.9 Å². The van der Waals surface area contributed by atoms with Crippen molar-refractivity contribution in [1.29, 1.82) is 0 Å². The Hall–Kier alpha value is -2.12. The van der Waals surface area contributed by atoms with Crippen molar-refractivity contribution in [3.05, 3.63) is 41.9 Å². The van der Waals surface area contributed by atoms with E-state index in [0.717, 1.165) is 0 Å². The SMILES string of the molecule is [B]c1cc(-c2cccc(N(N)/C=C\N)n2)nc(Cl)n1. The largest absolute Gasteiger partial charge is 0.403 e. The number of hydrogen-bond acceptors (Lipinski definition) is 6. The normalized spacial score (nSPS) is 10.8. The molecule has 2 radical (unpaired) electrons. The molecule has 0 atom stereocenters. The van der Waals surface area contributed by atoms with Crippen LogP contribution < -0.4 is 22.2 Å². The molecule has 19 heavy (non-hydrogen) atoms. The highest BCUT2D eigenvalue weighted by molar-refractivity contribution is 6.33. The molecule has 0 bridgehead atoms. The van der Waals surface area contributed by atoms with E-state index in [0.29, 0.717) is 17.2 Å². The summed E-state index contributed by atoms with van der Waals surface area (Å²) in [5, 5.41) is 1.35. The van der Waals surface area contributed by atoms with Crippen LogP contribution in [0, 0.1) is 0 Å². The molecule has 2 aromatic rings. The summed E-state index contributed by atoms with van der Waals surface area (Å²) in [7, 11) is 5.62. The number of anilines is 1. The van der Waals surface area contributed by atoms with Gasteiger partial charge in [0.2, 0.25) is 5.28 Å². The van der Waals surface area contributed by atoms with E-state index in [1.54, 1.807) is 24.3 Å². The van der Waals surface area contributed by atoms with Crippen molar-refractivity contribution in [2.24, 2.45) is 11.6 Å². The van der Waals surface area contributed by atoms with Crippen molar-refractivity contribution in [2.75, 3.05) is 5.01 Å². The zero-order valence-electron chi connectivity index (χ0n) is 9.86. The Morgan fingerprint density at radius 3 is 2.68 bits per heavy atom.